The molecule has 18 heavy (non-hydrogen) atoms. The number of hydrogen-bond acceptors (Lipinski definition) is 3. The molecule has 1 aromatic rings. The Labute approximate surface area is 113 Å². The van der Waals surface area contributed by atoms with Gasteiger partial charge in [0.1, 0.15) is 11.3 Å². The zero-order valence-electron chi connectivity index (χ0n) is 10.4. The monoisotopic (exact) mass is 273 g/mol. The number of aromatic hydroxyl groups is 1. The van der Waals surface area contributed by atoms with Crippen molar-refractivity contribution in [2.45, 2.75) is 38.6 Å². The minimum absolute atomic E-state index is 0. The SMILES string of the molecule is CCCCC[C@@H](N)c1ccc(O)c(C(=O)O)c1.Cl. The fraction of sp³-hybridized carbons (Fsp3) is 0.462. The molecule has 0 radical (unpaired) electrons. The summed E-state index contributed by atoms with van der Waals surface area (Å²) in [5.41, 5.74) is 6.65. The molecular formula is C13H20ClNO3. The van der Waals surface area contributed by atoms with Crippen LogP contribution in [0.15, 0.2) is 18.2 Å². The minimum atomic E-state index is -1.13. The summed E-state index contributed by atoms with van der Waals surface area (Å²) in [7, 11) is 0. The van der Waals surface area contributed by atoms with Crippen molar-refractivity contribution in [1.29, 1.82) is 0 Å². The first-order chi connectivity index (χ1) is 8.06. The Hall–Kier alpha value is -1.26. The van der Waals surface area contributed by atoms with Gasteiger partial charge in [0.15, 0.2) is 0 Å². The zero-order chi connectivity index (χ0) is 12.8. The summed E-state index contributed by atoms with van der Waals surface area (Å²) in [4.78, 5) is 10.9. The third-order valence-corrected chi connectivity index (χ3v) is 2.80. The fourth-order valence-electron chi connectivity index (χ4n) is 1.74. The molecular weight excluding hydrogens is 254 g/mol. The standard InChI is InChI=1S/C13H19NO3.ClH/c1-2-3-4-5-11(14)9-6-7-12(15)10(8-9)13(16)17;/h6-8,11,15H,2-5,14H2,1H3,(H,16,17);1H/t11-;/m1./s1. The maximum absolute atomic E-state index is 10.9. The number of carboxylic acids is 1. The number of carboxylic acid groups (broad SMARTS) is 1. The minimum Gasteiger partial charge on any atom is -0.507 e. The van der Waals surface area contributed by atoms with Gasteiger partial charge in [0.2, 0.25) is 0 Å². The molecule has 0 aromatic heterocycles. The number of carbonyl (C=O) groups is 1. The number of halogens is 1. The van der Waals surface area contributed by atoms with Crippen molar-refractivity contribution in [3.05, 3.63) is 29.3 Å². The van der Waals surface area contributed by atoms with Crippen LogP contribution in [-0.4, -0.2) is 16.2 Å². The number of benzene rings is 1. The predicted octanol–water partition coefficient (Wildman–Crippen LogP) is 3.09. The van der Waals surface area contributed by atoms with Crippen LogP contribution < -0.4 is 5.73 Å². The van der Waals surface area contributed by atoms with Gasteiger partial charge in [0.05, 0.1) is 0 Å². The van der Waals surface area contributed by atoms with Crippen LogP contribution in [0.4, 0.5) is 0 Å². The molecule has 0 heterocycles. The lowest BCUT2D eigenvalue weighted by atomic mass is 9.99. The van der Waals surface area contributed by atoms with Crippen molar-refractivity contribution < 1.29 is 15.0 Å². The molecule has 1 rings (SSSR count). The average Bonchev–Trinajstić information content (AvgIpc) is 2.29. The lowest BCUT2D eigenvalue weighted by Crippen LogP contribution is -2.11. The normalized spacial score (nSPS) is 11.7. The molecule has 5 heteroatoms. The maximum Gasteiger partial charge on any atom is 0.339 e. The first kappa shape index (κ1) is 16.7. The molecule has 4 N–H and O–H groups in total. The van der Waals surface area contributed by atoms with E-state index in [0.29, 0.717) is 0 Å². The van der Waals surface area contributed by atoms with Gasteiger partial charge in [-0.15, -0.1) is 12.4 Å². The largest absolute Gasteiger partial charge is 0.507 e. The van der Waals surface area contributed by atoms with Crippen molar-refractivity contribution in [3.63, 3.8) is 0 Å². The van der Waals surface area contributed by atoms with Crippen LogP contribution in [0.1, 0.15) is 54.6 Å². The van der Waals surface area contributed by atoms with Crippen molar-refractivity contribution in [3.8, 4) is 5.75 Å². The predicted molar refractivity (Wildman–Crippen MR) is 73.4 cm³/mol. The second-order valence-corrected chi connectivity index (χ2v) is 4.18. The summed E-state index contributed by atoms with van der Waals surface area (Å²) in [5.74, 6) is -1.35. The first-order valence-corrected chi connectivity index (χ1v) is 5.88. The van der Waals surface area contributed by atoms with Gasteiger partial charge >= 0.3 is 5.97 Å². The number of aromatic carboxylic acids is 1. The van der Waals surface area contributed by atoms with Crippen LogP contribution in [0.25, 0.3) is 0 Å². The molecule has 0 saturated carbocycles. The second kappa shape index (κ2) is 7.95. The lowest BCUT2D eigenvalue weighted by molar-refractivity contribution is 0.0693. The molecule has 1 aromatic carbocycles. The molecule has 0 bridgehead atoms. The third kappa shape index (κ3) is 4.55. The smallest absolute Gasteiger partial charge is 0.339 e. The van der Waals surface area contributed by atoms with Gasteiger partial charge in [-0.3, -0.25) is 0 Å². The van der Waals surface area contributed by atoms with Crippen LogP contribution in [0.2, 0.25) is 0 Å². The summed E-state index contributed by atoms with van der Waals surface area (Å²) < 4.78 is 0. The molecule has 0 saturated heterocycles. The molecule has 0 aliphatic carbocycles. The van der Waals surface area contributed by atoms with E-state index in [1.54, 1.807) is 6.07 Å². The number of nitrogens with two attached hydrogens (primary N) is 1. The van der Waals surface area contributed by atoms with Crippen molar-refractivity contribution in [2.75, 3.05) is 0 Å². The molecule has 0 fully saturated rings. The van der Waals surface area contributed by atoms with E-state index in [0.717, 1.165) is 31.2 Å². The zero-order valence-corrected chi connectivity index (χ0v) is 11.2. The molecule has 1 atom stereocenters. The maximum atomic E-state index is 10.9. The topological polar surface area (TPSA) is 83.5 Å². The third-order valence-electron chi connectivity index (χ3n) is 2.80. The molecule has 0 spiro atoms. The Kier molecular flexibility index (Phi) is 7.39. The summed E-state index contributed by atoms with van der Waals surface area (Å²) in [6, 6.07) is 4.35. The van der Waals surface area contributed by atoms with E-state index in [1.165, 1.54) is 12.1 Å². The van der Waals surface area contributed by atoms with Crippen LogP contribution >= 0.6 is 12.4 Å². The summed E-state index contributed by atoms with van der Waals surface area (Å²) in [5, 5.41) is 18.3. The molecule has 0 aliphatic heterocycles. The number of unbranched alkanes of at least 4 members (excludes halogenated alkanes) is 2. The number of phenols is 1. The molecule has 4 nitrogen and oxygen atoms in total. The molecule has 0 unspecified atom stereocenters. The van der Waals surface area contributed by atoms with E-state index in [9.17, 15) is 9.90 Å². The number of rotatable bonds is 6. The number of hydrogen-bond donors (Lipinski definition) is 3. The Bertz CT molecular complexity index is 396. The average molecular weight is 274 g/mol. The van der Waals surface area contributed by atoms with E-state index in [1.807, 2.05) is 0 Å². The second-order valence-electron chi connectivity index (χ2n) is 4.18. The van der Waals surface area contributed by atoms with Gasteiger partial charge in [-0.05, 0) is 24.1 Å². The van der Waals surface area contributed by atoms with E-state index in [4.69, 9.17) is 10.8 Å². The Morgan fingerprint density at radius 2 is 2.06 bits per heavy atom. The summed E-state index contributed by atoms with van der Waals surface area (Å²) in [6.45, 7) is 2.12. The van der Waals surface area contributed by atoms with Crippen LogP contribution in [0.5, 0.6) is 5.75 Å². The highest BCUT2D eigenvalue weighted by Gasteiger charge is 2.13. The van der Waals surface area contributed by atoms with Gasteiger partial charge in [-0.2, -0.15) is 0 Å². The Morgan fingerprint density at radius 1 is 1.39 bits per heavy atom. The van der Waals surface area contributed by atoms with Gasteiger partial charge in [-0.1, -0.05) is 32.3 Å². The Morgan fingerprint density at radius 3 is 2.61 bits per heavy atom. The van der Waals surface area contributed by atoms with E-state index >= 15 is 0 Å². The highest BCUT2D eigenvalue weighted by molar-refractivity contribution is 5.90. The summed E-state index contributed by atoms with van der Waals surface area (Å²) in [6.07, 6.45) is 4.11. The highest BCUT2D eigenvalue weighted by atomic mass is 35.5. The van der Waals surface area contributed by atoms with E-state index in [-0.39, 0.29) is 29.8 Å². The molecule has 0 aliphatic rings. The lowest BCUT2D eigenvalue weighted by Gasteiger charge is -2.12. The van der Waals surface area contributed by atoms with Crippen molar-refractivity contribution >= 4 is 18.4 Å². The van der Waals surface area contributed by atoms with Gasteiger partial charge in [0.25, 0.3) is 0 Å². The Balaban J connectivity index is 0.00000289. The van der Waals surface area contributed by atoms with Crippen LogP contribution in [0, 0.1) is 0 Å². The van der Waals surface area contributed by atoms with Crippen molar-refractivity contribution in [2.24, 2.45) is 5.73 Å². The van der Waals surface area contributed by atoms with Crippen LogP contribution in [0.3, 0.4) is 0 Å². The summed E-state index contributed by atoms with van der Waals surface area (Å²) >= 11 is 0. The molecule has 0 amide bonds. The van der Waals surface area contributed by atoms with Crippen molar-refractivity contribution in [1.82, 2.24) is 0 Å². The van der Waals surface area contributed by atoms with E-state index < -0.39 is 5.97 Å². The first-order valence-electron chi connectivity index (χ1n) is 5.88. The quantitative estimate of drug-likeness (QED) is 0.696. The highest BCUT2D eigenvalue weighted by Crippen LogP contribution is 2.24. The fourth-order valence-corrected chi connectivity index (χ4v) is 1.74. The molecule has 102 valence electrons. The van der Waals surface area contributed by atoms with Gasteiger partial charge in [0, 0.05) is 6.04 Å². The van der Waals surface area contributed by atoms with Gasteiger partial charge < -0.3 is 15.9 Å². The van der Waals surface area contributed by atoms with Crippen LogP contribution in [-0.2, 0) is 0 Å². The van der Waals surface area contributed by atoms with E-state index in [2.05, 4.69) is 6.92 Å². The van der Waals surface area contributed by atoms with Gasteiger partial charge in [-0.25, -0.2) is 4.79 Å².